The van der Waals surface area contributed by atoms with Crippen molar-refractivity contribution in [2.45, 2.75) is 6.61 Å². The Morgan fingerprint density at radius 2 is 2.00 bits per heavy atom. The largest absolute Gasteiger partial charge is 0.488 e. The number of ether oxygens (including phenoxy) is 2. The van der Waals surface area contributed by atoms with Crippen molar-refractivity contribution in [2.24, 2.45) is 0 Å². The minimum atomic E-state index is -0.387. The summed E-state index contributed by atoms with van der Waals surface area (Å²) in [6.45, 7) is 0.533. The lowest BCUT2D eigenvalue weighted by atomic mass is 10.2. The van der Waals surface area contributed by atoms with Gasteiger partial charge >= 0.3 is 5.97 Å². The van der Waals surface area contributed by atoms with Gasteiger partial charge in [0.25, 0.3) is 0 Å². The van der Waals surface area contributed by atoms with Gasteiger partial charge in [0, 0.05) is 17.6 Å². The molecule has 0 saturated heterocycles. The lowest BCUT2D eigenvalue weighted by Gasteiger charge is -2.03. The van der Waals surface area contributed by atoms with Crippen LogP contribution in [0.3, 0.4) is 0 Å². The van der Waals surface area contributed by atoms with Crippen molar-refractivity contribution in [1.29, 1.82) is 0 Å². The van der Waals surface area contributed by atoms with E-state index in [9.17, 15) is 4.79 Å². The second-order valence-corrected chi connectivity index (χ2v) is 5.76. The van der Waals surface area contributed by atoms with E-state index in [1.165, 1.54) is 13.3 Å². The van der Waals surface area contributed by atoms with E-state index in [-0.39, 0.29) is 5.97 Å². The molecule has 116 valence electrons. The molecule has 0 saturated carbocycles. The molecule has 0 amide bonds. The van der Waals surface area contributed by atoms with E-state index in [1.54, 1.807) is 23.5 Å². The minimum Gasteiger partial charge on any atom is -0.488 e. The maximum atomic E-state index is 11.4. The molecule has 0 spiro atoms. The van der Waals surface area contributed by atoms with Gasteiger partial charge < -0.3 is 9.47 Å². The first-order chi connectivity index (χ1) is 11.3. The predicted octanol–water partition coefficient (Wildman–Crippen LogP) is 4.18. The van der Waals surface area contributed by atoms with E-state index in [0.29, 0.717) is 12.2 Å². The zero-order valence-corrected chi connectivity index (χ0v) is 13.4. The van der Waals surface area contributed by atoms with Gasteiger partial charge in [0.1, 0.15) is 12.4 Å². The maximum absolute atomic E-state index is 11.4. The Kier molecular flexibility index (Phi) is 4.68. The van der Waals surface area contributed by atoms with Crippen LogP contribution in [-0.2, 0) is 11.3 Å². The highest BCUT2D eigenvalue weighted by atomic mass is 32.1. The lowest BCUT2D eigenvalue weighted by Crippen LogP contribution is -2.01. The van der Waals surface area contributed by atoms with Crippen LogP contribution in [0.5, 0.6) is 5.75 Å². The Balaban J connectivity index is 1.68. The molecule has 0 bridgehead atoms. The molecule has 3 rings (SSSR count). The van der Waals surface area contributed by atoms with Crippen LogP contribution >= 0.6 is 11.3 Å². The molecule has 0 radical (unpaired) electrons. The van der Waals surface area contributed by atoms with Crippen molar-refractivity contribution >= 4 is 17.3 Å². The van der Waals surface area contributed by atoms with Crippen LogP contribution in [0.4, 0.5) is 0 Å². The molecular formula is C18H15NO3S. The van der Waals surface area contributed by atoms with Crippen molar-refractivity contribution in [1.82, 2.24) is 4.98 Å². The first kappa shape index (κ1) is 15.2. The number of nitrogens with zero attached hydrogens (tertiary/aromatic N) is 1. The zero-order valence-electron chi connectivity index (χ0n) is 12.6. The topological polar surface area (TPSA) is 48.4 Å². The number of hydrogen-bond donors (Lipinski definition) is 0. The average molecular weight is 325 g/mol. The Hall–Kier alpha value is -2.66. The minimum absolute atomic E-state index is 0.387. The van der Waals surface area contributed by atoms with Crippen molar-refractivity contribution in [2.75, 3.05) is 7.11 Å². The van der Waals surface area contributed by atoms with E-state index in [0.717, 1.165) is 21.9 Å². The van der Waals surface area contributed by atoms with Crippen molar-refractivity contribution in [3.63, 3.8) is 0 Å². The van der Waals surface area contributed by atoms with Gasteiger partial charge in [0.05, 0.1) is 23.2 Å². The monoisotopic (exact) mass is 325 g/mol. The number of carbonyl (C=O) groups is 1. The van der Waals surface area contributed by atoms with Crippen molar-refractivity contribution in [3.8, 4) is 16.3 Å². The summed E-state index contributed by atoms with van der Waals surface area (Å²) < 4.78 is 10.4. The van der Waals surface area contributed by atoms with Crippen molar-refractivity contribution in [3.05, 3.63) is 71.2 Å². The number of pyridine rings is 1. The molecule has 23 heavy (non-hydrogen) atoms. The first-order valence-electron chi connectivity index (χ1n) is 7.06. The van der Waals surface area contributed by atoms with Gasteiger partial charge in [0.2, 0.25) is 0 Å². The standard InChI is InChI=1S/C18H15NO3S/c1-21-18(20)14-7-8-16(19-10-14)17-9-15(12-23-17)22-11-13-5-3-2-4-6-13/h2-10,12H,11H2,1H3. The predicted molar refractivity (Wildman–Crippen MR) is 89.7 cm³/mol. The number of rotatable bonds is 5. The normalized spacial score (nSPS) is 10.3. The summed E-state index contributed by atoms with van der Waals surface area (Å²) in [6.07, 6.45) is 1.52. The number of benzene rings is 1. The highest BCUT2D eigenvalue weighted by Gasteiger charge is 2.08. The summed E-state index contributed by atoms with van der Waals surface area (Å²) in [5, 5.41) is 1.95. The summed E-state index contributed by atoms with van der Waals surface area (Å²) in [4.78, 5) is 16.7. The molecule has 0 atom stereocenters. The molecule has 0 unspecified atom stereocenters. The summed E-state index contributed by atoms with van der Waals surface area (Å²) in [5.41, 5.74) is 2.37. The number of aromatic nitrogens is 1. The Bertz CT molecular complexity index is 782. The van der Waals surface area contributed by atoms with Gasteiger partial charge in [-0.15, -0.1) is 11.3 Å². The molecule has 2 aromatic heterocycles. The molecular weight excluding hydrogens is 310 g/mol. The third kappa shape index (κ3) is 3.76. The van der Waals surface area contributed by atoms with Gasteiger partial charge in [-0.25, -0.2) is 4.79 Å². The maximum Gasteiger partial charge on any atom is 0.339 e. The van der Waals surface area contributed by atoms with Crippen LogP contribution in [0.15, 0.2) is 60.1 Å². The fourth-order valence-electron chi connectivity index (χ4n) is 2.05. The number of esters is 1. The fourth-order valence-corrected chi connectivity index (χ4v) is 2.85. The van der Waals surface area contributed by atoms with Crippen LogP contribution in [-0.4, -0.2) is 18.1 Å². The molecule has 0 N–H and O–H groups in total. The van der Waals surface area contributed by atoms with E-state index in [4.69, 9.17) is 4.74 Å². The third-order valence-electron chi connectivity index (χ3n) is 3.26. The molecule has 4 nitrogen and oxygen atoms in total. The summed E-state index contributed by atoms with van der Waals surface area (Å²) in [7, 11) is 1.35. The zero-order chi connectivity index (χ0) is 16.1. The van der Waals surface area contributed by atoms with Gasteiger partial charge in [-0.3, -0.25) is 4.98 Å². The second kappa shape index (κ2) is 7.07. The average Bonchev–Trinajstić information content (AvgIpc) is 3.09. The van der Waals surface area contributed by atoms with Gasteiger partial charge in [-0.2, -0.15) is 0 Å². The van der Waals surface area contributed by atoms with Gasteiger partial charge in [-0.05, 0) is 17.7 Å². The Labute approximate surface area is 138 Å². The Morgan fingerprint density at radius 1 is 1.17 bits per heavy atom. The molecule has 0 aliphatic carbocycles. The van der Waals surface area contributed by atoms with Crippen LogP contribution in [0.2, 0.25) is 0 Å². The van der Waals surface area contributed by atoms with Crippen LogP contribution in [0.25, 0.3) is 10.6 Å². The number of hydrogen-bond acceptors (Lipinski definition) is 5. The van der Waals surface area contributed by atoms with Crippen LogP contribution in [0.1, 0.15) is 15.9 Å². The first-order valence-corrected chi connectivity index (χ1v) is 7.94. The summed E-state index contributed by atoms with van der Waals surface area (Å²) in [6, 6.07) is 15.5. The third-order valence-corrected chi connectivity index (χ3v) is 4.19. The fraction of sp³-hybridized carbons (Fsp3) is 0.111. The van der Waals surface area contributed by atoms with Crippen molar-refractivity contribution < 1.29 is 14.3 Å². The Morgan fingerprint density at radius 3 is 2.70 bits per heavy atom. The van der Waals surface area contributed by atoms with E-state index < -0.39 is 0 Å². The molecule has 0 fully saturated rings. The highest BCUT2D eigenvalue weighted by Crippen LogP contribution is 2.30. The second-order valence-electron chi connectivity index (χ2n) is 4.84. The molecule has 5 heteroatoms. The number of carbonyl (C=O) groups excluding carboxylic acids is 1. The van der Waals surface area contributed by atoms with Gasteiger partial charge in [-0.1, -0.05) is 30.3 Å². The van der Waals surface area contributed by atoms with Crippen LogP contribution < -0.4 is 4.74 Å². The molecule has 0 aliphatic rings. The van der Waals surface area contributed by atoms with Gasteiger partial charge in [0.15, 0.2) is 0 Å². The molecule has 3 aromatic rings. The molecule has 2 heterocycles. The van der Waals surface area contributed by atoms with E-state index in [2.05, 4.69) is 9.72 Å². The number of methoxy groups -OCH3 is 1. The van der Waals surface area contributed by atoms with E-state index >= 15 is 0 Å². The SMILES string of the molecule is COC(=O)c1ccc(-c2cc(OCc3ccccc3)cs2)nc1. The smallest absolute Gasteiger partial charge is 0.339 e. The number of thiophene rings is 1. The summed E-state index contributed by atoms with van der Waals surface area (Å²) >= 11 is 1.55. The van der Waals surface area contributed by atoms with Crippen LogP contribution in [0, 0.1) is 0 Å². The molecule has 1 aromatic carbocycles. The quantitative estimate of drug-likeness (QED) is 0.660. The van der Waals surface area contributed by atoms with E-state index in [1.807, 2.05) is 41.8 Å². The molecule has 0 aliphatic heterocycles. The lowest BCUT2D eigenvalue weighted by molar-refractivity contribution is 0.0600. The summed E-state index contributed by atoms with van der Waals surface area (Å²) in [5.74, 6) is 0.426. The highest BCUT2D eigenvalue weighted by molar-refractivity contribution is 7.13.